The highest BCUT2D eigenvalue weighted by Gasteiger charge is 2.29. The van der Waals surface area contributed by atoms with Crippen molar-refractivity contribution in [1.82, 2.24) is 4.90 Å². The number of likely N-dealkylation sites (N-methyl/N-ethyl adjacent to an activating group) is 1. The third kappa shape index (κ3) is 6.98. The number of allylic oxidation sites excluding steroid dienone is 1. The number of hydrogen-bond acceptors (Lipinski definition) is 7. The minimum atomic E-state index is -0.779. The average Bonchev–Trinajstić information content (AvgIpc) is 3.10. The SMILES string of the molecule is C/C(C#N)=C1/c2ccc(CN(C(=O)CN(C)C(=O)OC(C)(C)C)c3ccccc3[N+](=O)[O-])cc2COc2cc(F)ccc21. The van der Waals surface area contributed by atoms with Gasteiger partial charge in [0, 0.05) is 35.9 Å². The summed E-state index contributed by atoms with van der Waals surface area (Å²) in [4.78, 5) is 39.9. The summed E-state index contributed by atoms with van der Waals surface area (Å²) in [6.07, 6.45) is -0.714. The van der Waals surface area contributed by atoms with E-state index in [0.29, 0.717) is 39.1 Å². The summed E-state index contributed by atoms with van der Waals surface area (Å²) in [5.41, 5.74) is 2.59. The van der Waals surface area contributed by atoms with E-state index < -0.39 is 34.9 Å². The summed E-state index contributed by atoms with van der Waals surface area (Å²) in [5, 5.41) is 21.6. The van der Waals surface area contributed by atoms with Crippen molar-refractivity contribution in [2.45, 2.75) is 46.4 Å². The molecular formula is C32H31FN4O6. The number of rotatable bonds is 6. The summed E-state index contributed by atoms with van der Waals surface area (Å²) in [6, 6.07) is 17.5. The van der Waals surface area contributed by atoms with Gasteiger partial charge in [-0.2, -0.15) is 5.26 Å². The Morgan fingerprint density at radius 2 is 1.81 bits per heavy atom. The number of nitrogens with zero attached hydrogens (tertiary/aromatic N) is 4. The van der Waals surface area contributed by atoms with Crippen molar-refractivity contribution in [1.29, 1.82) is 5.26 Å². The highest BCUT2D eigenvalue weighted by atomic mass is 19.1. The standard InChI is InChI=1S/C32H31FN4O6/c1-20(16-34)30-24-12-10-21(14-22(24)19-42-28-15-23(33)11-13-25(28)30)17-36(26-8-6-7-9-27(26)37(40)41)29(38)18-35(5)31(39)43-32(2,3)4/h6-15H,17-19H2,1-5H3/b30-20+. The zero-order valence-corrected chi connectivity index (χ0v) is 24.5. The maximum absolute atomic E-state index is 14.0. The van der Waals surface area contributed by atoms with E-state index in [0.717, 1.165) is 4.90 Å². The van der Waals surface area contributed by atoms with E-state index in [1.54, 1.807) is 58.0 Å². The number of halogens is 1. The fraction of sp³-hybridized carbons (Fsp3) is 0.281. The molecule has 0 aromatic heterocycles. The van der Waals surface area contributed by atoms with E-state index in [9.17, 15) is 29.4 Å². The fourth-order valence-corrected chi connectivity index (χ4v) is 4.72. The molecule has 2 amide bonds. The van der Waals surface area contributed by atoms with Crippen molar-refractivity contribution < 1.29 is 28.4 Å². The zero-order valence-electron chi connectivity index (χ0n) is 24.5. The van der Waals surface area contributed by atoms with Crippen LogP contribution in [0.2, 0.25) is 0 Å². The predicted molar refractivity (Wildman–Crippen MR) is 158 cm³/mol. The largest absolute Gasteiger partial charge is 0.488 e. The Morgan fingerprint density at radius 3 is 2.49 bits per heavy atom. The van der Waals surface area contributed by atoms with Gasteiger partial charge in [-0.1, -0.05) is 24.3 Å². The summed E-state index contributed by atoms with van der Waals surface area (Å²) < 4.78 is 25.3. The van der Waals surface area contributed by atoms with Gasteiger partial charge in [0.2, 0.25) is 5.91 Å². The van der Waals surface area contributed by atoms with Crippen molar-refractivity contribution in [2.24, 2.45) is 0 Å². The quantitative estimate of drug-likeness (QED) is 0.187. The maximum Gasteiger partial charge on any atom is 0.410 e. The number of fused-ring (bicyclic) bond motifs is 2. The number of anilines is 1. The number of para-hydroxylation sites is 2. The van der Waals surface area contributed by atoms with Crippen LogP contribution in [0.5, 0.6) is 5.75 Å². The number of nitro benzene ring substituents is 1. The molecule has 4 rings (SSSR count). The van der Waals surface area contributed by atoms with Gasteiger partial charge in [0.05, 0.1) is 17.5 Å². The van der Waals surface area contributed by atoms with Crippen LogP contribution in [0.1, 0.15) is 49.9 Å². The molecule has 0 fully saturated rings. The van der Waals surface area contributed by atoms with Crippen LogP contribution in [0.15, 0.2) is 66.2 Å². The highest BCUT2D eigenvalue weighted by molar-refractivity contribution is 5.98. The first-order chi connectivity index (χ1) is 20.3. The number of carbonyl (C=O) groups is 2. The second-order valence-corrected chi connectivity index (χ2v) is 11.1. The van der Waals surface area contributed by atoms with Gasteiger partial charge in [-0.15, -0.1) is 0 Å². The number of nitriles is 1. The number of carbonyl (C=O) groups excluding carboxylic acids is 2. The molecule has 3 aromatic carbocycles. The van der Waals surface area contributed by atoms with Crippen LogP contribution in [0, 0.1) is 27.3 Å². The van der Waals surface area contributed by atoms with Crippen LogP contribution in [0.25, 0.3) is 5.57 Å². The fourth-order valence-electron chi connectivity index (χ4n) is 4.72. The zero-order chi connectivity index (χ0) is 31.5. The predicted octanol–water partition coefficient (Wildman–Crippen LogP) is 6.37. The third-order valence-corrected chi connectivity index (χ3v) is 6.67. The molecule has 1 heterocycles. The van der Waals surface area contributed by atoms with Gasteiger partial charge in [0.15, 0.2) is 0 Å². The first kappa shape index (κ1) is 30.7. The van der Waals surface area contributed by atoms with Crippen molar-refractivity contribution >= 4 is 28.9 Å². The lowest BCUT2D eigenvalue weighted by Crippen LogP contribution is -2.43. The summed E-state index contributed by atoms with van der Waals surface area (Å²) in [5.74, 6) is -0.754. The van der Waals surface area contributed by atoms with Gasteiger partial charge in [-0.05, 0) is 68.7 Å². The first-order valence-electron chi connectivity index (χ1n) is 13.4. The highest BCUT2D eigenvalue weighted by Crippen LogP contribution is 2.39. The molecule has 0 aliphatic carbocycles. The van der Waals surface area contributed by atoms with Gasteiger partial charge in [-0.25, -0.2) is 9.18 Å². The molecule has 0 unspecified atom stereocenters. The van der Waals surface area contributed by atoms with E-state index in [1.807, 2.05) is 0 Å². The van der Waals surface area contributed by atoms with Gasteiger partial charge in [0.25, 0.3) is 5.69 Å². The Hall–Kier alpha value is -5.24. The van der Waals surface area contributed by atoms with Gasteiger partial charge >= 0.3 is 6.09 Å². The van der Waals surface area contributed by atoms with Gasteiger partial charge in [-0.3, -0.25) is 14.9 Å². The lowest BCUT2D eigenvalue weighted by atomic mass is 9.90. The Bertz CT molecular complexity index is 1670. The number of benzene rings is 3. The van der Waals surface area contributed by atoms with Crippen molar-refractivity contribution in [2.75, 3.05) is 18.5 Å². The van der Waals surface area contributed by atoms with E-state index in [-0.39, 0.29) is 24.5 Å². The normalized spacial score (nSPS) is 13.3. The van der Waals surface area contributed by atoms with Crippen molar-refractivity contribution in [3.05, 3.63) is 104 Å². The van der Waals surface area contributed by atoms with Crippen LogP contribution < -0.4 is 9.64 Å². The smallest absolute Gasteiger partial charge is 0.410 e. The van der Waals surface area contributed by atoms with Gasteiger partial charge < -0.3 is 19.3 Å². The third-order valence-electron chi connectivity index (χ3n) is 6.67. The molecule has 1 aliphatic rings. The molecule has 0 bridgehead atoms. The van der Waals surface area contributed by atoms with Gasteiger partial charge in [0.1, 0.15) is 36.0 Å². The maximum atomic E-state index is 14.0. The Morgan fingerprint density at radius 1 is 1.12 bits per heavy atom. The van der Waals surface area contributed by atoms with E-state index >= 15 is 0 Å². The van der Waals surface area contributed by atoms with E-state index in [2.05, 4.69) is 6.07 Å². The second-order valence-electron chi connectivity index (χ2n) is 11.1. The molecule has 0 saturated carbocycles. The lowest BCUT2D eigenvalue weighted by Gasteiger charge is -2.28. The minimum Gasteiger partial charge on any atom is -0.488 e. The minimum absolute atomic E-state index is 0.0582. The van der Waals surface area contributed by atoms with Crippen molar-refractivity contribution in [3.63, 3.8) is 0 Å². The molecule has 0 atom stereocenters. The number of nitro groups is 1. The number of hydrogen-bond donors (Lipinski definition) is 0. The van der Waals surface area contributed by atoms with E-state index in [1.165, 1.54) is 42.3 Å². The van der Waals surface area contributed by atoms with Crippen LogP contribution in [0.3, 0.4) is 0 Å². The monoisotopic (exact) mass is 586 g/mol. The Labute approximate surface area is 248 Å². The van der Waals surface area contributed by atoms with Crippen LogP contribution in [-0.2, 0) is 22.7 Å². The van der Waals surface area contributed by atoms with Crippen LogP contribution in [0.4, 0.5) is 20.6 Å². The van der Waals surface area contributed by atoms with E-state index in [4.69, 9.17) is 9.47 Å². The summed E-state index contributed by atoms with van der Waals surface area (Å²) >= 11 is 0. The molecule has 3 aromatic rings. The molecule has 43 heavy (non-hydrogen) atoms. The molecule has 0 N–H and O–H groups in total. The van der Waals surface area contributed by atoms with Crippen LogP contribution in [-0.4, -0.2) is 41.0 Å². The molecule has 11 heteroatoms. The number of amides is 2. The second kappa shape index (κ2) is 12.3. The molecular weight excluding hydrogens is 555 g/mol. The summed E-state index contributed by atoms with van der Waals surface area (Å²) in [7, 11) is 1.41. The molecule has 0 spiro atoms. The number of ether oxygens (including phenoxy) is 2. The summed E-state index contributed by atoms with van der Waals surface area (Å²) in [6.45, 7) is 6.37. The first-order valence-corrected chi connectivity index (χ1v) is 13.4. The Kier molecular flexibility index (Phi) is 8.80. The average molecular weight is 587 g/mol. The molecule has 1 aliphatic heterocycles. The molecule has 0 radical (unpaired) electrons. The van der Waals surface area contributed by atoms with Crippen LogP contribution >= 0.6 is 0 Å². The molecule has 222 valence electrons. The Balaban J connectivity index is 1.74. The molecule has 0 saturated heterocycles. The van der Waals surface area contributed by atoms with Crippen molar-refractivity contribution in [3.8, 4) is 11.8 Å². The lowest BCUT2D eigenvalue weighted by molar-refractivity contribution is -0.384. The topological polar surface area (TPSA) is 126 Å². The molecule has 10 nitrogen and oxygen atoms in total.